The number of methoxy groups -OCH3 is 6. The third kappa shape index (κ3) is 5.15. The fourth-order valence-corrected chi connectivity index (χ4v) is 2.90. The number of hydrogen-bond donors (Lipinski definition) is 1. The van der Waals surface area contributed by atoms with Gasteiger partial charge in [0, 0.05) is 5.56 Å². The van der Waals surface area contributed by atoms with Crippen LogP contribution in [0.5, 0.6) is 34.5 Å². The molecule has 1 N–H and O–H groups in total. The van der Waals surface area contributed by atoms with Gasteiger partial charge in [0.05, 0.1) is 54.3 Å². The fraction of sp³-hybridized carbons (Fsp3) is 0.273. The van der Waals surface area contributed by atoms with Crippen LogP contribution in [-0.2, 0) is 4.79 Å². The molecule has 0 aliphatic rings. The van der Waals surface area contributed by atoms with E-state index >= 15 is 0 Å². The quantitative estimate of drug-likeness (QED) is 0.537. The van der Waals surface area contributed by atoms with Crippen molar-refractivity contribution >= 4 is 18.0 Å². The van der Waals surface area contributed by atoms with E-state index in [1.807, 2.05) is 0 Å². The van der Waals surface area contributed by atoms with Gasteiger partial charge in [-0.3, -0.25) is 4.79 Å². The van der Waals surface area contributed by atoms with Crippen LogP contribution in [0.15, 0.2) is 30.0 Å². The Morgan fingerprint density at radius 2 is 1.12 bits per heavy atom. The lowest BCUT2D eigenvalue weighted by Crippen LogP contribution is -2.35. The number of carboxylic acid groups (broad SMARTS) is 1. The number of carbonyl (C=O) groups excluding carboxylic acids is 2. The molecule has 0 radical (unpaired) electrons. The van der Waals surface area contributed by atoms with Crippen LogP contribution in [-0.4, -0.2) is 54.5 Å². The Bertz CT molecular complexity index is 980. The van der Waals surface area contributed by atoms with Gasteiger partial charge in [-0.05, 0) is 35.9 Å². The molecule has 0 saturated heterocycles. The summed E-state index contributed by atoms with van der Waals surface area (Å²) >= 11 is 0. The zero-order valence-corrected chi connectivity index (χ0v) is 18.6. The van der Waals surface area contributed by atoms with E-state index in [0.717, 1.165) is 0 Å². The average molecular weight is 446 g/mol. The van der Waals surface area contributed by atoms with Crippen LogP contribution in [0.25, 0.3) is 6.08 Å². The summed E-state index contributed by atoms with van der Waals surface area (Å²) in [6, 6.07) is 5.83. The van der Waals surface area contributed by atoms with Crippen LogP contribution in [0.2, 0.25) is 0 Å². The Labute approximate surface area is 185 Å². The SMILES string of the molecule is COc1cc(/C=C(/NC(=O)c2cc(OC)c(OC)c(OC)c2)C(=O)[O-])cc(OC)c1OC. The topological polar surface area (TPSA) is 125 Å². The zero-order valence-electron chi connectivity index (χ0n) is 18.6. The highest BCUT2D eigenvalue weighted by Crippen LogP contribution is 2.39. The van der Waals surface area contributed by atoms with Crippen LogP contribution in [0.1, 0.15) is 15.9 Å². The monoisotopic (exact) mass is 446 g/mol. The van der Waals surface area contributed by atoms with Gasteiger partial charge in [-0.2, -0.15) is 0 Å². The highest BCUT2D eigenvalue weighted by molar-refractivity contribution is 6.03. The Morgan fingerprint density at radius 3 is 1.47 bits per heavy atom. The third-order valence-corrected chi connectivity index (χ3v) is 4.39. The summed E-state index contributed by atoms with van der Waals surface area (Å²) in [5.41, 5.74) is -0.0431. The smallest absolute Gasteiger partial charge is 0.255 e. The lowest BCUT2D eigenvalue weighted by molar-refractivity contribution is -0.299. The Kier molecular flexibility index (Phi) is 8.17. The maximum absolute atomic E-state index is 12.8. The van der Waals surface area contributed by atoms with Gasteiger partial charge in [0.15, 0.2) is 23.0 Å². The molecule has 2 rings (SSSR count). The molecule has 10 heteroatoms. The minimum absolute atomic E-state index is 0.0801. The standard InChI is InChI=1S/C22H25NO9/c1-27-15-8-12(9-16(28-2)19(15)31-5)7-14(22(25)26)23-21(24)13-10-17(29-3)20(32-6)18(11-13)30-4/h7-11H,1-6H3,(H,23,24)(H,25,26)/p-1/b14-7+. The van der Waals surface area contributed by atoms with Crippen molar-refractivity contribution in [1.82, 2.24) is 5.32 Å². The normalized spacial score (nSPS) is 10.8. The largest absolute Gasteiger partial charge is 0.543 e. The molecule has 10 nitrogen and oxygen atoms in total. The molecule has 0 aliphatic carbocycles. The number of carboxylic acids is 1. The highest BCUT2D eigenvalue weighted by Gasteiger charge is 2.18. The summed E-state index contributed by atoms with van der Waals surface area (Å²) < 4.78 is 31.4. The molecule has 0 unspecified atom stereocenters. The molecule has 2 aromatic carbocycles. The minimum atomic E-state index is -1.60. The number of nitrogens with one attached hydrogen (secondary N) is 1. The molecule has 0 saturated carbocycles. The van der Waals surface area contributed by atoms with Gasteiger partial charge in [0.25, 0.3) is 5.91 Å². The van der Waals surface area contributed by atoms with Gasteiger partial charge < -0.3 is 43.6 Å². The number of ether oxygens (including phenoxy) is 6. The summed E-state index contributed by atoms with van der Waals surface area (Å²) in [4.78, 5) is 24.5. The molecule has 0 fully saturated rings. The van der Waals surface area contributed by atoms with Gasteiger partial charge in [-0.1, -0.05) is 0 Å². The van der Waals surface area contributed by atoms with E-state index < -0.39 is 17.6 Å². The van der Waals surface area contributed by atoms with Gasteiger partial charge in [-0.15, -0.1) is 0 Å². The predicted octanol–water partition coefficient (Wildman–Crippen LogP) is 1.26. The predicted molar refractivity (Wildman–Crippen MR) is 113 cm³/mol. The summed E-state index contributed by atoms with van der Waals surface area (Å²) in [5, 5.41) is 14.0. The summed E-state index contributed by atoms with van der Waals surface area (Å²) in [6.45, 7) is 0. The molecular weight excluding hydrogens is 422 g/mol. The van der Waals surface area contributed by atoms with Crippen LogP contribution in [0.3, 0.4) is 0 Å². The van der Waals surface area contributed by atoms with E-state index in [4.69, 9.17) is 28.4 Å². The van der Waals surface area contributed by atoms with Crippen LogP contribution in [0.4, 0.5) is 0 Å². The molecule has 0 aliphatic heterocycles. The third-order valence-electron chi connectivity index (χ3n) is 4.39. The van der Waals surface area contributed by atoms with E-state index in [1.54, 1.807) is 0 Å². The fourth-order valence-electron chi connectivity index (χ4n) is 2.90. The molecule has 172 valence electrons. The highest BCUT2D eigenvalue weighted by atomic mass is 16.5. The van der Waals surface area contributed by atoms with Crippen molar-refractivity contribution in [2.45, 2.75) is 0 Å². The first-order chi connectivity index (χ1) is 15.3. The first kappa shape index (κ1) is 24.2. The number of benzene rings is 2. The summed E-state index contributed by atoms with van der Waals surface area (Å²) in [5.74, 6) is -0.602. The minimum Gasteiger partial charge on any atom is -0.543 e. The van der Waals surface area contributed by atoms with Gasteiger partial charge in [0.2, 0.25) is 11.5 Å². The zero-order chi connectivity index (χ0) is 23.8. The molecule has 0 bridgehead atoms. The second-order valence-corrected chi connectivity index (χ2v) is 6.17. The second-order valence-electron chi connectivity index (χ2n) is 6.17. The van der Waals surface area contributed by atoms with E-state index in [1.165, 1.54) is 73.0 Å². The first-order valence-corrected chi connectivity index (χ1v) is 9.17. The van der Waals surface area contributed by atoms with Crippen LogP contribution < -0.4 is 38.8 Å². The van der Waals surface area contributed by atoms with Crippen LogP contribution in [0, 0.1) is 0 Å². The Morgan fingerprint density at radius 1 is 0.719 bits per heavy atom. The molecular formula is C22H24NO9-. The number of aliphatic carboxylic acids is 1. The first-order valence-electron chi connectivity index (χ1n) is 9.17. The van der Waals surface area contributed by atoms with Crippen molar-refractivity contribution in [3.05, 3.63) is 41.1 Å². The van der Waals surface area contributed by atoms with Crippen molar-refractivity contribution in [3.8, 4) is 34.5 Å². The molecule has 0 atom stereocenters. The van der Waals surface area contributed by atoms with Gasteiger partial charge in [0.1, 0.15) is 0 Å². The van der Waals surface area contributed by atoms with Crippen molar-refractivity contribution in [2.75, 3.05) is 42.7 Å². The van der Waals surface area contributed by atoms with Gasteiger partial charge >= 0.3 is 0 Å². The van der Waals surface area contributed by atoms with E-state index in [2.05, 4.69) is 5.32 Å². The van der Waals surface area contributed by atoms with Crippen molar-refractivity contribution in [1.29, 1.82) is 0 Å². The average Bonchev–Trinajstić information content (AvgIpc) is 2.81. The molecule has 32 heavy (non-hydrogen) atoms. The molecule has 1 amide bonds. The number of carbonyl (C=O) groups is 2. The van der Waals surface area contributed by atoms with E-state index in [9.17, 15) is 14.7 Å². The summed E-state index contributed by atoms with van der Waals surface area (Å²) in [6.07, 6.45) is 1.20. The molecule has 0 heterocycles. The number of hydrogen-bond acceptors (Lipinski definition) is 9. The molecule has 0 aromatic heterocycles. The van der Waals surface area contributed by atoms with E-state index in [-0.39, 0.29) is 17.1 Å². The Hall–Kier alpha value is -4.08. The summed E-state index contributed by atoms with van der Waals surface area (Å²) in [7, 11) is 8.52. The maximum Gasteiger partial charge on any atom is 0.255 e. The lowest BCUT2D eigenvalue weighted by atomic mass is 10.1. The van der Waals surface area contributed by atoms with Gasteiger partial charge in [-0.25, -0.2) is 0 Å². The molecule has 0 spiro atoms. The van der Waals surface area contributed by atoms with E-state index in [0.29, 0.717) is 28.6 Å². The number of rotatable bonds is 10. The maximum atomic E-state index is 12.8. The van der Waals surface area contributed by atoms with Crippen molar-refractivity contribution in [3.63, 3.8) is 0 Å². The van der Waals surface area contributed by atoms with Crippen molar-refractivity contribution in [2.24, 2.45) is 0 Å². The van der Waals surface area contributed by atoms with Crippen molar-refractivity contribution < 1.29 is 43.1 Å². The Balaban J connectivity index is 2.46. The lowest BCUT2D eigenvalue weighted by Gasteiger charge is -2.16. The second kappa shape index (κ2) is 10.8. The molecule has 2 aromatic rings. The van der Waals surface area contributed by atoms with Crippen LogP contribution >= 0.6 is 0 Å². The number of amides is 1.